The smallest absolute Gasteiger partial charge is 0.320 e. The number of aliphatic hydroxyl groups excluding tert-OH is 1. The molecular formula is C17H25N5O3. The average Bonchev–Trinajstić information content (AvgIpc) is 3.00. The Morgan fingerprint density at radius 2 is 2.16 bits per heavy atom. The Balaban J connectivity index is 1.25. The SMILES string of the molecule is O=C(CN1CCN(C2CC2)C1=O)N[C@@H]1CC(Cn2cccn2)C[C@H]1O. The number of aromatic nitrogens is 2. The monoisotopic (exact) mass is 347 g/mol. The summed E-state index contributed by atoms with van der Waals surface area (Å²) >= 11 is 0. The molecule has 3 fully saturated rings. The van der Waals surface area contributed by atoms with Crippen molar-refractivity contribution in [1.29, 1.82) is 0 Å². The van der Waals surface area contributed by atoms with Gasteiger partial charge < -0.3 is 20.2 Å². The van der Waals surface area contributed by atoms with Gasteiger partial charge in [0.2, 0.25) is 5.91 Å². The highest BCUT2D eigenvalue weighted by Crippen LogP contribution is 2.30. The fourth-order valence-electron chi connectivity index (χ4n) is 3.99. The molecule has 1 aromatic rings. The van der Waals surface area contributed by atoms with Crippen LogP contribution in [0.4, 0.5) is 4.79 Å². The molecule has 2 aliphatic carbocycles. The Hall–Kier alpha value is -2.09. The topological polar surface area (TPSA) is 90.7 Å². The van der Waals surface area contributed by atoms with Gasteiger partial charge in [0.05, 0.1) is 12.1 Å². The van der Waals surface area contributed by atoms with E-state index in [1.165, 1.54) is 0 Å². The second kappa shape index (κ2) is 6.67. The van der Waals surface area contributed by atoms with Gasteiger partial charge in [-0.25, -0.2) is 4.79 Å². The van der Waals surface area contributed by atoms with Crippen molar-refractivity contribution in [1.82, 2.24) is 24.9 Å². The van der Waals surface area contributed by atoms with Crippen molar-refractivity contribution in [2.45, 2.75) is 50.4 Å². The van der Waals surface area contributed by atoms with Gasteiger partial charge >= 0.3 is 6.03 Å². The summed E-state index contributed by atoms with van der Waals surface area (Å²) in [6.07, 6.45) is 6.65. The van der Waals surface area contributed by atoms with Crippen LogP contribution in [-0.4, -0.2) is 74.4 Å². The van der Waals surface area contributed by atoms with Crippen LogP contribution in [0.2, 0.25) is 0 Å². The van der Waals surface area contributed by atoms with Crippen molar-refractivity contribution in [3.05, 3.63) is 18.5 Å². The zero-order valence-corrected chi connectivity index (χ0v) is 14.3. The lowest BCUT2D eigenvalue weighted by atomic mass is 10.1. The lowest BCUT2D eigenvalue weighted by Crippen LogP contribution is -2.46. The molecule has 1 saturated heterocycles. The minimum absolute atomic E-state index is 0.0267. The van der Waals surface area contributed by atoms with Gasteiger partial charge in [0, 0.05) is 38.1 Å². The molecule has 1 unspecified atom stereocenters. The molecule has 8 nitrogen and oxygen atoms in total. The van der Waals surface area contributed by atoms with E-state index in [0.29, 0.717) is 24.9 Å². The summed E-state index contributed by atoms with van der Waals surface area (Å²) in [5, 5.41) is 17.3. The standard InChI is InChI=1S/C17H25N5O3/c23-15-9-12(10-21-5-1-4-18-21)8-14(15)19-16(24)11-20-6-7-22(17(20)25)13-2-3-13/h1,4-5,12-15,23H,2-3,6-11H2,(H,19,24)/t12?,14-,15-/m1/s1. The van der Waals surface area contributed by atoms with Gasteiger partial charge in [0.15, 0.2) is 0 Å². The second-order valence-electron chi connectivity index (χ2n) is 7.44. The molecule has 25 heavy (non-hydrogen) atoms. The number of aliphatic hydroxyl groups is 1. The number of urea groups is 1. The van der Waals surface area contributed by atoms with E-state index in [1.54, 1.807) is 11.1 Å². The maximum absolute atomic E-state index is 12.3. The first-order valence-electron chi connectivity index (χ1n) is 9.10. The molecule has 136 valence electrons. The van der Waals surface area contributed by atoms with Crippen LogP contribution in [0.3, 0.4) is 0 Å². The first-order chi connectivity index (χ1) is 12.1. The summed E-state index contributed by atoms with van der Waals surface area (Å²) in [7, 11) is 0. The van der Waals surface area contributed by atoms with Crippen LogP contribution < -0.4 is 5.32 Å². The molecule has 3 aliphatic rings. The van der Waals surface area contributed by atoms with E-state index in [0.717, 1.165) is 32.4 Å². The van der Waals surface area contributed by atoms with E-state index in [-0.39, 0.29) is 24.5 Å². The highest BCUT2D eigenvalue weighted by atomic mass is 16.3. The zero-order chi connectivity index (χ0) is 17.4. The fourth-order valence-corrected chi connectivity index (χ4v) is 3.99. The van der Waals surface area contributed by atoms with Crippen molar-refractivity contribution in [3.8, 4) is 0 Å². The number of rotatable bonds is 6. The number of nitrogens with zero attached hydrogens (tertiary/aromatic N) is 4. The molecule has 0 aromatic carbocycles. The Bertz CT molecular complexity index is 630. The predicted molar refractivity (Wildman–Crippen MR) is 89.6 cm³/mol. The van der Waals surface area contributed by atoms with E-state index in [1.807, 2.05) is 21.8 Å². The van der Waals surface area contributed by atoms with E-state index in [2.05, 4.69) is 10.4 Å². The minimum atomic E-state index is -0.540. The molecule has 8 heteroatoms. The van der Waals surface area contributed by atoms with Crippen LogP contribution in [0.25, 0.3) is 0 Å². The van der Waals surface area contributed by atoms with Gasteiger partial charge in [0.25, 0.3) is 0 Å². The highest BCUT2D eigenvalue weighted by molar-refractivity contribution is 5.85. The van der Waals surface area contributed by atoms with Crippen LogP contribution in [0.5, 0.6) is 0 Å². The maximum atomic E-state index is 12.3. The lowest BCUT2D eigenvalue weighted by molar-refractivity contribution is -0.122. The summed E-state index contributed by atoms with van der Waals surface area (Å²) in [4.78, 5) is 28.1. The first kappa shape index (κ1) is 16.4. The normalized spacial score (nSPS) is 29.5. The molecule has 0 radical (unpaired) electrons. The lowest BCUT2D eigenvalue weighted by Gasteiger charge is -2.20. The predicted octanol–water partition coefficient (Wildman–Crippen LogP) is 0.0388. The van der Waals surface area contributed by atoms with Gasteiger partial charge in [-0.2, -0.15) is 5.10 Å². The van der Waals surface area contributed by atoms with E-state index in [9.17, 15) is 14.7 Å². The molecule has 1 aliphatic heterocycles. The third-order valence-electron chi connectivity index (χ3n) is 5.43. The number of hydrogen-bond donors (Lipinski definition) is 2. The van der Waals surface area contributed by atoms with Crippen molar-refractivity contribution in [3.63, 3.8) is 0 Å². The quantitative estimate of drug-likeness (QED) is 0.760. The Labute approximate surface area is 146 Å². The first-order valence-corrected chi connectivity index (χ1v) is 9.10. The summed E-state index contributed by atoms with van der Waals surface area (Å²) in [6.45, 7) is 2.15. The number of hydrogen-bond acceptors (Lipinski definition) is 4. The van der Waals surface area contributed by atoms with Gasteiger partial charge in [-0.05, 0) is 37.7 Å². The van der Waals surface area contributed by atoms with Gasteiger partial charge in [-0.3, -0.25) is 9.48 Å². The number of carbonyl (C=O) groups excluding carboxylic acids is 2. The molecule has 3 amide bonds. The van der Waals surface area contributed by atoms with Crippen LogP contribution in [-0.2, 0) is 11.3 Å². The van der Waals surface area contributed by atoms with Gasteiger partial charge in [0.1, 0.15) is 6.54 Å². The van der Waals surface area contributed by atoms with Crippen LogP contribution in [0.15, 0.2) is 18.5 Å². The van der Waals surface area contributed by atoms with E-state index < -0.39 is 6.10 Å². The van der Waals surface area contributed by atoms with Crippen molar-refractivity contribution < 1.29 is 14.7 Å². The minimum Gasteiger partial charge on any atom is -0.391 e. The average molecular weight is 347 g/mol. The molecular weight excluding hydrogens is 322 g/mol. The second-order valence-corrected chi connectivity index (χ2v) is 7.44. The van der Waals surface area contributed by atoms with Crippen LogP contribution in [0.1, 0.15) is 25.7 Å². The summed E-state index contributed by atoms with van der Waals surface area (Å²) in [5.74, 6) is 0.105. The van der Waals surface area contributed by atoms with Crippen LogP contribution in [0, 0.1) is 5.92 Å². The maximum Gasteiger partial charge on any atom is 0.320 e. The third kappa shape index (κ3) is 3.63. The Morgan fingerprint density at radius 1 is 1.32 bits per heavy atom. The zero-order valence-electron chi connectivity index (χ0n) is 14.3. The largest absolute Gasteiger partial charge is 0.391 e. The molecule has 0 bridgehead atoms. The molecule has 2 saturated carbocycles. The molecule has 1 aromatic heterocycles. The van der Waals surface area contributed by atoms with Crippen molar-refractivity contribution in [2.24, 2.45) is 5.92 Å². The molecule has 3 atom stereocenters. The molecule has 2 heterocycles. The molecule has 2 N–H and O–H groups in total. The summed E-state index contributed by atoms with van der Waals surface area (Å²) < 4.78 is 1.86. The third-order valence-corrected chi connectivity index (χ3v) is 5.43. The number of carbonyl (C=O) groups is 2. The molecule has 0 spiro atoms. The Morgan fingerprint density at radius 3 is 2.88 bits per heavy atom. The van der Waals surface area contributed by atoms with Crippen LogP contribution >= 0.6 is 0 Å². The van der Waals surface area contributed by atoms with Crippen molar-refractivity contribution >= 4 is 11.9 Å². The summed E-state index contributed by atoms with van der Waals surface area (Å²) in [5.41, 5.74) is 0. The summed E-state index contributed by atoms with van der Waals surface area (Å²) in [6, 6.07) is 1.99. The number of amides is 3. The fraction of sp³-hybridized carbons (Fsp3) is 0.706. The van der Waals surface area contributed by atoms with E-state index >= 15 is 0 Å². The van der Waals surface area contributed by atoms with Gasteiger partial charge in [-0.15, -0.1) is 0 Å². The highest BCUT2D eigenvalue weighted by Gasteiger charge is 2.40. The van der Waals surface area contributed by atoms with Gasteiger partial charge in [-0.1, -0.05) is 0 Å². The van der Waals surface area contributed by atoms with E-state index in [4.69, 9.17) is 0 Å². The Kier molecular flexibility index (Phi) is 4.37. The van der Waals surface area contributed by atoms with Crippen molar-refractivity contribution in [2.75, 3.05) is 19.6 Å². The molecule has 4 rings (SSSR count). The number of nitrogens with one attached hydrogen (secondary N) is 1.